The molecule has 0 aliphatic carbocycles. The Labute approximate surface area is 110 Å². The Morgan fingerprint density at radius 3 is 2.28 bits per heavy atom. The molecule has 3 heteroatoms. The average molecular weight is 251 g/mol. The van der Waals surface area contributed by atoms with Crippen LogP contribution < -0.4 is 0 Å². The number of benzene rings is 1. The first-order valence-electron chi connectivity index (χ1n) is 6.36. The van der Waals surface area contributed by atoms with Gasteiger partial charge in [0.05, 0.1) is 12.7 Å². The van der Waals surface area contributed by atoms with Crippen molar-refractivity contribution in [3.63, 3.8) is 0 Å². The Kier molecular flexibility index (Phi) is 5.79. The second-order valence-corrected chi connectivity index (χ2v) is 5.18. The summed E-state index contributed by atoms with van der Waals surface area (Å²) in [5.41, 5.74) is 5.30. The summed E-state index contributed by atoms with van der Waals surface area (Å²) in [6.07, 6.45) is -0.425. The highest BCUT2D eigenvalue weighted by Gasteiger charge is 2.11. The molecule has 1 atom stereocenters. The number of hydrogen-bond acceptors (Lipinski definition) is 3. The molecular weight excluding hydrogens is 226 g/mol. The van der Waals surface area contributed by atoms with Gasteiger partial charge in [0.1, 0.15) is 0 Å². The number of nitrogens with zero attached hydrogens (tertiary/aromatic N) is 1. The Balaban J connectivity index is 2.67. The van der Waals surface area contributed by atoms with E-state index in [2.05, 4.69) is 37.8 Å². The van der Waals surface area contributed by atoms with E-state index in [0.717, 1.165) is 6.54 Å². The van der Waals surface area contributed by atoms with Crippen LogP contribution in [0.2, 0.25) is 0 Å². The first-order chi connectivity index (χ1) is 8.43. The third-order valence-corrected chi connectivity index (χ3v) is 3.15. The van der Waals surface area contributed by atoms with Gasteiger partial charge in [-0.2, -0.15) is 0 Å². The topological polar surface area (TPSA) is 32.7 Å². The normalized spacial score (nSPS) is 13.1. The summed E-state index contributed by atoms with van der Waals surface area (Å²) in [5, 5.41) is 9.71. The van der Waals surface area contributed by atoms with Gasteiger partial charge in [0.25, 0.3) is 0 Å². The Morgan fingerprint density at radius 2 is 1.78 bits per heavy atom. The maximum atomic E-state index is 9.71. The SMILES string of the molecule is COCC(O)CN(C)Cc1c(C)cc(C)cc1C. The number of likely N-dealkylation sites (N-methyl/N-ethyl adjacent to an activating group) is 1. The van der Waals surface area contributed by atoms with Crippen LogP contribution in [0, 0.1) is 20.8 Å². The Bertz CT molecular complexity index is 367. The molecule has 0 heterocycles. The fraction of sp³-hybridized carbons (Fsp3) is 0.600. The van der Waals surface area contributed by atoms with Gasteiger partial charge >= 0.3 is 0 Å². The van der Waals surface area contributed by atoms with Gasteiger partial charge in [-0.15, -0.1) is 0 Å². The van der Waals surface area contributed by atoms with Crippen molar-refractivity contribution in [1.29, 1.82) is 0 Å². The monoisotopic (exact) mass is 251 g/mol. The molecule has 0 saturated carbocycles. The van der Waals surface area contributed by atoms with E-state index in [1.165, 1.54) is 22.3 Å². The van der Waals surface area contributed by atoms with Crippen molar-refractivity contribution >= 4 is 0 Å². The molecule has 1 rings (SSSR count). The summed E-state index contributed by atoms with van der Waals surface area (Å²) in [7, 11) is 3.63. The van der Waals surface area contributed by atoms with Crippen LogP contribution in [0.15, 0.2) is 12.1 Å². The van der Waals surface area contributed by atoms with Crippen molar-refractivity contribution in [1.82, 2.24) is 4.90 Å². The maximum Gasteiger partial charge on any atom is 0.0900 e. The molecule has 1 aromatic rings. The third kappa shape index (κ3) is 4.41. The van der Waals surface area contributed by atoms with Crippen LogP contribution >= 0.6 is 0 Å². The molecule has 1 aromatic carbocycles. The lowest BCUT2D eigenvalue weighted by molar-refractivity contribution is 0.0418. The highest BCUT2D eigenvalue weighted by Crippen LogP contribution is 2.17. The number of aliphatic hydroxyl groups is 1. The van der Waals surface area contributed by atoms with Gasteiger partial charge in [-0.05, 0) is 44.5 Å². The van der Waals surface area contributed by atoms with Crippen LogP contribution in [0.3, 0.4) is 0 Å². The number of aliphatic hydroxyl groups excluding tert-OH is 1. The van der Waals surface area contributed by atoms with E-state index in [1.807, 2.05) is 7.05 Å². The third-order valence-electron chi connectivity index (χ3n) is 3.15. The predicted molar refractivity (Wildman–Crippen MR) is 74.9 cm³/mol. The minimum absolute atomic E-state index is 0.385. The first-order valence-corrected chi connectivity index (χ1v) is 6.36. The summed E-state index contributed by atoms with van der Waals surface area (Å²) in [6.45, 7) is 8.29. The lowest BCUT2D eigenvalue weighted by atomic mass is 9.99. The maximum absolute atomic E-state index is 9.71. The first kappa shape index (κ1) is 15.2. The van der Waals surface area contributed by atoms with Crippen molar-refractivity contribution in [3.05, 3.63) is 34.4 Å². The zero-order chi connectivity index (χ0) is 13.7. The number of aryl methyl sites for hydroxylation is 3. The van der Waals surface area contributed by atoms with Crippen LogP contribution in [-0.2, 0) is 11.3 Å². The number of ether oxygens (including phenoxy) is 1. The van der Waals surface area contributed by atoms with Gasteiger partial charge in [0.15, 0.2) is 0 Å². The summed E-state index contributed by atoms with van der Waals surface area (Å²) in [4.78, 5) is 2.13. The van der Waals surface area contributed by atoms with E-state index < -0.39 is 6.10 Å². The van der Waals surface area contributed by atoms with Gasteiger partial charge in [0.2, 0.25) is 0 Å². The van der Waals surface area contributed by atoms with E-state index in [4.69, 9.17) is 4.74 Å². The fourth-order valence-electron chi connectivity index (χ4n) is 2.40. The second kappa shape index (κ2) is 6.88. The van der Waals surface area contributed by atoms with Gasteiger partial charge in [-0.3, -0.25) is 4.90 Å². The minimum Gasteiger partial charge on any atom is -0.389 e. The van der Waals surface area contributed by atoms with E-state index in [1.54, 1.807) is 7.11 Å². The van der Waals surface area contributed by atoms with Gasteiger partial charge < -0.3 is 9.84 Å². The lowest BCUT2D eigenvalue weighted by Gasteiger charge is -2.22. The second-order valence-electron chi connectivity index (χ2n) is 5.18. The number of methoxy groups -OCH3 is 1. The fourth-order valence-corrected chi connectivity index (χ4v) is 2.40. The number of hydrogen-bond donors (Lipinski definition) is 1. The Hall–Kier alpha value is -0.900. The van der Waals surface area contributed by atoms with Crippen LogP contribution in [0.25, 0.3) is 0 Å². The van der Waals surface area contributed by atoms with E-state index >= 15 is 0 Å². The molecule has 0 aromatic heterocycles. The lowest BCUT2D eigenvalue weighted by Crippen LogP contribution is -2.32. The number of rotatable bonds is 6. The van der Waals surface area contributed by atoms with Crippen molar-refractivity contribution < 1.29 is 9.84 Å². The highest BCUT2D eigenvalue weighted by molar-refractivity contribution is 5.37. The molecule has 0 bridgehead atoms. The van der Waals surface area contributed by atoms with Crippen LogP contribution in [0.4, 0.5) is 0 Å². The van der Waals surface area contributed by atoms with Crippen LogP contribution in [0.1, 0.15) is 22.3 Å². The van der Waals surface area contributed by atoms with Crippen molar-refractivity contribution in [2.45, 2.75) is 33.4 Å². The van der Waals surface area contributed by atoms with Crippen molar-refractivity contribution in [2.75, 3.05) is 27.3 Å². The van der Waals surface area contributed by atoms with Gasteiger partial charge in [-0.25, -0.2) is 0 Å². The minimum atomic E-state index is -0.425. The van der Waals surface area contributed by atoms with Gasteiger partial charge in [0, 0.05) is 20.2 Å². The average Bonchev–Trinajstić information content (AvgIpc) is 2.23. The van der Waals surface area contributed by atoms with E-state index in [9.17, 15) is 5.11 Å². The smallest absolute Gasteiger partial charge is 0.0900 e. The molecule has 102 valence electrons. The largest absolute Gasteiger partial charge is 0.389 e. The molecule has 0 spiro atoms. The molecule has 0 amide bonds. The molecular formula is C15H25NO2. The van der Waals surface area contributed by atoms with Crippen LogP contribution in [-0.4, -0.2) is 43.4 Å². The predicted octanol–water partition coefficient (Wildman–Crippen LogP) is 2.05. The quantitative estimate of drug-likeness (QED) is 0.840. The zero-order valence-electron chi connectivity index (χ0n) is 12.2. The van der Waals surface area contributed by atoms with E-state index in [0.29, 0.717) is 13.2 Å². The standard InChI is InChI=1S/C15H25NO2/c1-11-6-12(2)15(13(3)7-11)9-16(4)8-14(17)10-18-5/h6-7,14,17H,8-10H2,1-5H3. The Morgan fingerprint density at radius 1 is 1.22 bits per heavy atom. The zero-order valence-corrected chi connectivity index (χ0v) is 12.2. The molecule has 0 aliphatic rings. The van der Waals surface area contributed by atoms with Crippen molar-refractivity contribution in [2.24, 2.45) is 0 Å². The molecule has 0 fully saturated rings. The highest BCUT2D eigenvalue weighted by atomic mass is 16.5. The molecule has 1 unspecified atom stereocenters. The molecule has 0 radical (unpaired) electrons. The summed E-state index contributed by atoms with van der Waals surface area (Å²) < 4.78 is 4.94. The van der Waals surface area contributed by atoms with Crippen molar-refractivity contribution in [3.8, 4) is 0 Å². The van der Waals surface area contributed by atoms with Gasteiger partial charge in [-0.1, -0.05) is 17.7 Å². The molecule has 18 heavy (non-hydrogen) atoms. The molecule has 3 nitrogen and oxygen atoms in total. The molecule has 0 aliphatic heterocycles. The molecule has 0 saturated heterocycles. The molecule has 1 N–H and O–H groups in total. The summed E-state index contributed by atoms with van der Waals surface area (Å²) >= 11 is 0. The van der Waals surface area contributed by atoms with Crippen LogP contribution in [0.5, 0.6) is 0 Å². The summed E-state index contributed by atoms with van der Waals surface area (Å²) in [6, 6.07) is 4.42. The summed E-state index contributed by atoms with van der Waals surface area (Å²) in [5.74, 6) is 0. The van der Waals surface area contributed by atoms with E-state index in [-0.39, 0.29) is 0 Å².